The number of hydrogen-bond acceptors (Lipinski definition) is 4. The highest BCUT2D eigenvalue weighted by Crippen LogP contribution is 2.23. The van der Waals surface area contributed by atoms with Gasteiger partial charge in [-0.1, -0.05) is 43.5 Å². The standard InChI is InChI=1S/C20H18O4/c1-3-19(21)23-13-15-10-16(14-24-20(22)4-2)12-18(11-15)17-8-6-5-7-9-17/h3-12H,1-2,13-14H2. The lowest BCUT2D eigenvalue weighted by atomic mass is 10.0. The van der Waals surface area contributed by atoms with E-state index in [1.807, 2.05) is 48.5 Å². The van der Waals surface area contributed by atoms with Crippen LogP contribution in [0, 0.1) is 0 Å². The second kappa shape index (κ2) is 8.48. The number of hydrogen-bond donors (Lipinski definition) is 0. The summed E-state index contributed by atoms with van der Waals surface area (Å²) < 4.78 is 10.2. The molecule has 0 fully saturated rings. The summed E-state index contributed by atoms with van der Waals surface area (Å²) in [7, 11) is 0. The van der Waals surface area contributed by atoms with Gasteiger partial charge in [-0.05, 0) is 40.5 Å². The predicted molar refractivity (Wildman–Crippen MR) is 91.9 cm³/mol. The first kappa shape index (κ1) is 17.2. The molecule has 24 heavy (non-hydrogen) atoms. The van der Waals surface area contributed by atoms with Crippen LogP contribution in [0.15, 0.2) is 73.8 Å². The van der Waals surface area contributed by atoms with Gasteiger partial charge in [0.25, 0.3) is 0 Å². The Morgan fingerprint density at radius 1 is 0.792 bits per heavy atom. The highest BCUT2D eigenvalue weighted by atomic mass is 16.5. The Bertz CT molecular complexity index is 705. The fourth-order valence-electron chi connectivity index (χ4n) is 2.15. The molecule has 0 bridgehead atoms. The molecule has 2 aromatic carbocycles. The molecule has 4 heteroatoms. The van der Waals surface area contributed by atoms with Crippen molar-refractivity contribution in [2.24, 2.45) is 0 Å². The summed E-state index contributed by atoms with van der Waals surface area (Å²) >= 11 is 0. The largest absolute Gasteiger partial charge is 0.458 e. The highest BCUT2D eigenvalue weighted by Gasteiger charge is 2.07. The maximum absolute atomic E-state index is 11.3. The Morgan fingerprint density at radius 2 is 1.29 bits per heavy atom. The van der Waals surface area contributed by atoms with E-state index in [0.29, 0.717) is 0 Å². The molecule has 0 saturated carbocycles. The number of ether oxygens (including phenoxy) is 2. The molecule has 0 aliphatic rings. The van der Waals surface area contributed by atoms with Crippen LogP contribution in [0.1, 0.15) is 11.1 Å². The van der Waals surface area contributed by atoms with Gasteiger partial charge in [0.2, 0.25) is 0 Å². The van der Waals surface area contributed by atoms with Crippen molar-refractivity contribution in [1.82, 2.24) is 0 Å². The predicted octanol–water partition coefficient (Wildman–Crippen LogP) is 3.81. The first-order valence-corrected chi connectivity index (χ1v) is 7.39. The van der Waals surface area contributed by atoms with E-state index in [4.69, 9.17) is 9.47 Å². The SMILES string of the molecule is C=CC(=O)OCc1cc(COC(=O)C=C)cc(-c2ccccc2)c1. The van der Waals surface area contributed by atoms with E-state index in [1.165, 1.54) is 0 Å². The van der Waals surface area contributed by atoms with Crippen LogP contribution in [-0.2, 0) is 32.3 Å². The van der Waals surface area contributed by atoms with Crippen LogP contribution in [0.25, 0.3) is 11.1 Å². The Hall–Kier alpha value is -3.14. The first-order chi connectivity index (χ1) is 11.6. The van der Waals surface area contributed by atoms with Crippen molar-refractivity contribution in [3.8, 4) is 11.1 Å². The Morgan fingerprint density at radius 3 is 1.75 bits per heavy atom. The van der Waals surface area contributed by atoms with Crippen LogP contribution in [0.4, 0.5) is 0 Å². The molecule has 0 N–H and O–H groups in total. The van der Waals surface area contributed by atoms with Gasteiger partial charge in [0.05, 0.1) is 0 Å². The summed E-state index contributed by atoms with van der Waals surface area (Å²) in [5.74, 6) is -0.973. The van der Waals surface area contributed by atoms with Crippen molar-refractivity contribution in [3.05, 3.63) is 85.0 Å². The molecule has 0 aliphatic heterocycles. The smallest absolute Gasteiger partial charge is 0.330 e. The maximum Gasteiger partial charge on any atom is 0.330 e. The fraction of sp³-hybridized carbons (Fsp3) is 0.100. The van der Waals surface area contributed by atoms with Crippen molar-refractivity contribution in [2.75, 3.05) is 0 Å². The van der Waals surface area contributed by atoms with E-state index in [0.717, 1.165) is 34.4 Å². The van der Waals surface area contributed by atoms with Gasteiger partial charge < -0.3 is 9.47 Å². The third-order valence-electron chi connectivity index (χ3n) is 3.26. The second-order valence-corrected chi connectivity index (χ2v) is 5.03. The quantitative estimate of drug-likeness (QED) is 0.574. The summed E-state index contributed by atoms with van der Waals surface area (Å²) in [5, 5.41) is 0. The lowest BCUT2D eigenvalue weighted by Crippen LogP contribution is -2.03. The van der Waals surface area contributed by atoms with Gasteiger partial charge >= 0.3 is 11.9 Å². The zero-order chi connectivity index (χ0) is 17.4. The molecule has 0 saturated heterocycles. The molecule has 0 unspecified atom stereocenters. The monoisotopic (exact) mass is 322 g/mol. The van der Waals surface area contributed by atoms with Crippen LogP contribution >= 0.6 is 0 Å². The topological polar surface area (TPSA) is 52.6 Å². The molecule has 0 aromatic heterocycles. The molecule has 0 atom stereocenters. The fourth-order valence-corrected chi connectivity index (χ4v) is 2.15. The zero-order valence-corrected chi connectivity index (χ0v) is 13.2. The Balaban J connectivity index is 2.28. The van der Waals surface area contributed by atoms with Gasteiger partial charge in [-0.25, -0.2) is 9.59 Å². The lowest BCUT2D eigenvalue weighted by molar-refractivity contribution is -0.139. The van der Waals surface area contributed by atoms with Crippen LogP contribution in [0.3, 0.4) is 0 Å². The lowest BCUT2D eigenvalue weighted by Gasteiger charge is -2.11. The van der Waals surface area contributed by atoms with Crippen LogP contribution in [0.2, 0.25) is 0 Å². The van der Waals surface area contributed by atoms with Crippen molar-refractivity contribution in [2.45, 2.75) is 13.2 Å². The van der Waals surface area contributed by atoms with Crippen molar-refractivity contribution >= 4 is 11.9 Å². The second-order valence-electron chi connectivity index (χ2n) is 5.03. The molecule has 0 heterocycles. The number of rotatable bonds is 7. The summed E-state index contributed by atoms with van der Waals surface area (Å²) in [5.41, 5.74) is 3.57. The molecule has 4 nitrogen and oxygen atoms in total. The normalized spacial score (nSPS) is 9.83. The number of carbonyl (C=O) groups is 2. The van der Waals surface area contributed by atoms with E-state index in [9.17, 15) is 9.59 Å². The molecule has 2 aromatic rings. The third-order valence-corrected chi connectivity index (χ3v) is 3.26. The molecule has 0 aliphatic carbocycles. The molecular formula is C20H18O4. The summed E-state index contributed by atoms with van der Waals surface area (Å²) in [6.07, 6.45) is 2.24. The maximum atomic E-state index is 11.3. The Labute approximate surface area is 141 Å². The van der Waals surface area contributed by atoms with Crippen molar-refractivity contribution < 1.29 is 19.1 Å². The van der Waals surface area contributed by atoms with Crippen LogP contribution < -0.4 is 0 Å². The first-order valence-electron chi connectivity index (χ1n) is 7.39. The van der Waals surface area contributed by atoms with Crippen molar-refractivity contribution in [3.63, 3.8) is 0 Å². The average molecular weight is 322 g/mol. The minimum Gasteiger partial charge on any atom is -0.458 e. The van der Waals surface area contributed by atoms with Gasteiger partial charge in [0.1, 0.15) is 13.2 Å². The summed E-state index contributed by atoms with van der Waals surface area (Å²) in [4.78, 5) is 22.5. The van der Waals surface area contributed by atoms with Gasteiger partial charge in [-0.15, -0.1) is 0 Å². The van der Waals surface area contributed by atoms with Crippen LogP contribution in [-0.4, -0.2) is 11.9 Å². The van der Waals surface area contributed by atoms with Crippen molar-refractivity contribution in [1.29, 1.82) is 0 Å². The number of carbonyl (C=O) groups excluding carboxylic acids is 2. The minimum absolute atomic E-state index is 0.119. The van der Waals surface area contributed by atoms with E-state index in [2.05, 4.69) is 13.2 Å². The zero-order valence-electron chi connectivity index (χ0n) is 13.2. The van der Waals surface area contributed by atoms with E-state index < -0.39 is 11.9 Å². The molecular weight excluding hydrogens is 304 g/mol. The summed E-state index contributed by atoms with van der Waals surface area (Å²) in [6, 6.07) is 15.5. The van der Waals surface area contributed by atoms with Gasteiger partial charge in [-0.3, -0.25) is 0 Å². The molecule has 122 valence electrons. The van der Waals surface area contributed by atoms with Gasteiger partial charge in [0, 0.05) is 12.2 Å². The van der Waals surface area contributed by atoms with Gasteiger partial charge in [-0.2, -0.15) is 0 Å². The highest BCUT2D eigenvalue weighted by molar-refractivity contribution is 5.81. The number of benzene rings is 2. The Kier molecular flexibility index (Phi) is 6.08. The van der Waals surface area contributed by atoms with E-state index in [-0.39, 0.29) is 13.2 Å². The van der Waals surface area contributed by atoms with E-state index >= 15 is 0 Å². The molecule has 2 rings (SSSR count). The average Bonchev–Trinajstić information content (AvgIpc) is 2.64. The van der Waals surface area contributed by atoms with E-state index in [1.54, 1.807) is 0 Å². The molecule has 0 spiro atoms. The molecule has 0 amide bonds. The van der Waals surface area contributed by atoms with Crippen LogP contribution in [0.5, 0.6) is 0 Å². The van der Waals surface area contributed by atoms with Gasteiger partial charge in [0.15, 0.2) is 0 Å². The summed E-state index contributed by atoms with van der Waals surface area (Å²) in [6.45, 7) is 6.98. The molecule has 0 radical (unpaired) electrons. The number of esters is 2. The minimum atomic E-state index is -0.486. The third kappa shape index (κ3) is 4.95.